The van der Waals surface area contributed by atoms with Crippen molar-refractivity contribution >= 4 is 112 Å². The maximum absolute atomic E-state index is 14.4. The fraction of sp³-hybridized carbons (Fsp3) is 0.708. The van der Waals surface area contributed by atoms with E-state index < -0.39 is 260 Å². The van der Waals surface area contributed by atoms with Gasteiger partial charge in [-0.3, -0.25) is 86.3 Å². The molecule has 618 valence electrons. The molecule has 0 aromatic heterocycles. The standard InChI is InChI=1S/C65H114N20O24/c1-6-32(4)51(84-62(105)43(30-49(94)95)81-55(98)35(16-8-12-24-67)75-57(100)39(20-22-48(92)93)77-56(99)38(19-21-47(90)91)74-53(96)34(70)15-7-11-23-66)64(107)82-41(28-45(72)88)60(103)79-40(27-44(71)87)59(102)80-42(29-46(73)89)61(104)83-50(31(2)3)63(106)78-36(17-9-13-25-68)54(97)76-37(18-10-14-26-69)58(101)85-52(33(5)86)65(108)109/h31-43,50-52,86H,6-30,66-70H2,1-5H3,(H2,71,87)(H2,72,88)(H2,73,89)(H,74,96)(H,75,100)(H,76,97)(H,77,99)(H,78,106)(H,79,103)(H,80,102)(H,81,98)(H,82,107)(H,83,104)(H,84,105)(H,85,101)(H,90,91)(H,92,93)(H,94,95)(H,108,109)/t32-,33+,34-,35-,36-,37-,38-,39-,40-,41-,42-,43-,50-,51-,52-/m0/s1. The minimum Gasteiger partial charge on any atom is -0.481 e. The summed E-state index contributed by atoms with van der Waals surface area (Å²) in [6, 6.07) is -22.9. The maximum Gasteiger partial charge on any atom is 0.328 e. The van der Waals surface area contributed by atoms with E-state index in [1.54, 1.807) is 0 Å². The third-order valence-electron chi connectivity index (χ3n) is 16.8. The molecule has 0 aromatic rings. The Bertz CT molecular complexity index is 3110. The highest BCUT2D eigenvalue weighted by Crippen LogP contribution is 2.15. The molecule has 0 radical (unpaired) electrons. The van der Waals surface area contributed by atoms with Crippen LogP contribution in [0.1, 0.15) is 169 Å². The molecule has 0 bridgehead atoms. The van der Waals surface area contributed by atoms with Crippen molar-refractivity contribution in [1.29, 1.82) is 0 Å². The van der Waals surface area contributed by atoms with E-state index in [4.69, 9.17) is 45.9 Å². The van der Waals surface area contributed by atoms with Crippen molar-refractivity contribution in [3.05, 3.63) is 0 Å². The number of carboxylic acid groups (broad SMARTS) is 4. The quantitative estimate of drug-likeness (QED) is 0.0251. The summed E-state index contributed by atoms with van der Waals surface area (Å²) >= 11 is 0. The lowest BCUT2D eigenvalue weighted by atomic mass is 9.97. The van der Waals surface area contributed by atoms with Crippen molar-refractivity contribution in [2.45, 2.75) is 254 Å². The van der Waals surface area contributed by atoms with Crippen LogP contribution in [-0.4, -0.2) is 249 Å². The van der Waals surface area contributed by atoms with E-state index in [1.807, 2.05) is 0 Å². The van der Waals surface area contributed by atoms with E-state index >= 15 is 0 Å². The molecule has 44 heteroatoms. The maximum atomic E-state index is 14.4. The Morgan fingerprint density at radius 2 is 0.560 bits per heavy atom. The number of unbranched alkanes of at least 4 members (excludes halogenated alkanes) is 4. The second-order valence-electron chi connectivity index (χ2n) is 26.4. The lowest BCUT2D eigenvalue weighted by molar-refractivity contribution is -0.145. The molecule has 109 heavy (non-hydrogen) atoms. The van der Waals surface area contributed by atoms with E-state index in [-0.39, 0.29) is 84.0 Å². The smallest absolute Gasteiger partial charge is 0.328 e. The minimum absolute atomic E-state index is 0.0194. The van der Waals surface area contributed by atoms with Gasteiger partial charge >= 0.3 is 23.9 Å². The third kappa shape index (κ3) is 39.9. The summed E-state index contributed by atoms with van der Waals surface area (Å²) in [5.41, 5.74) is 44.9. The number of amides is 15. The van der Waals surface area contributed by atoms with E-state index in [0.29, 0.717) is 25.7 Å². The number of nitrogens with two attached hydrogens (primary N) is 8. The van der Waals surface area contributed by atoms with Gasteiger partial charge in [-0.1, -0.05) is 40.5 Å². The van der Waals surface area contributed by atoms with Crippen LogP contribution in [0.15, 0.2) is 0 Å². The SMILES string of the molecule is CC[C@H](C)[C@H](NC(=O)[C@H](CC(=O)O)NC(=O)[C@H](CCCCN)NC(=O)[C@H](CCC(=O)O)NC(=O)[C@H](CCC(=O)O)NC(=O)[C@@H](N)CCCCN)C(=O)N[C@@H](CC(N)=O)C(=O)N[C@@H](CC(N)=O)C(=O)N[C@@H](CC(N)=O)C(=O)N[C@H](C(=O)N[C@@H](CCCCN)C(=O)N[C@@H](CCCCN)C(=O)N[C@H](C(=O)O)[C@@H](C)O)C(C)C. The normalized spacial score (nSPS) is 15.2. The topological polar surface area (TPSA) is 778 Å². The molecule has 0 saturated carbocycles. The monoisotopic (exact) mass is 1560 g/mol. The number of aliphatic hydroxyl groups excluding tert-OH is 1. The van der Waals surface area contributed by atoms with Crippen LogP contribution in [0.4, 0.5) is 0 Å². The zero-order valence-electron chi connectivity index (χ0n) is 62.0. The Kier molecular flexibility index (Phi) is 47.7. The van der Waals surface area contributed by atoms with E-state index in [2.05, 4.69) is 63.8 Å². The van der Waals surface area contributed by atoms with Crippen LogP contribution in [0.2, 0.25) is 0 Å². The fourth-order valence-corrected chi connectivity index (χ4v) is 10.4. The second-order valence-corrected chi connectivity index (χ2v) is 26.4. The van der Waals surface area contributed by atoms with Crippen LogP contribution >= 0.6 is 0 Å². The van der Waals surface area contributed by atoms with Crippen molar-refractivity contribution in [3.8, 4) is 0 Å². The molecule has 15 amide bonds. The first-order valence-electron chi connectivity index (χ1n) is 35.7. The summed E-state index contributed by atoms with van der Waals surface area (Å²) in [5.74, 6) is -26.2. The van der Waals surface area contributed by atoms with Crippen LogP contribution < -0.4 is 110 Å². The van der Waals surface area contributed by atoms with E-state index in [9.17, 15) is 117 Å². The molecule has 0 aliphatic carbocycles. The van der Waals surface area contributed by atoms with Crippen LogP contribution in [0.3, 0.4) is 0 Å². The minimum atomic E-state index is -2.15. The molecule has 0 fully saturated rings. The van der Waals surface area contributed by atoms with Gasteiger partial charge in [0.05, 0.1) is 37.8 Å². The number of aliphatic hydroxyl groups is 1. The summed E-state index contributed by atoms with van der Waals surface area (Å²) in [6.07, 6.45) is -6.65. The molecule has 0 aliphatic heterocycles. The molecule has 0 heterocycles. The first-order chi connectivity index (χ1) is 51.1. The molecule has 33 N–H and O–H groups in total. The highest BCUT2D eigenvalue weighted by molar-refractivity contribution is 6.02. The third-order valence-corrected chi connectivity index (χ3v) is 16.8. The zero-order chi connectivity index (χ0) is 83.4. The molecule has 0 aromatic carbocycles. The van der Waals surface area contributed by atoms with Gasteiger partial charge in [0.25, 0.3) is 0 Å². The van der Waals surface area contributed by atoms with Gasteiger partial charge in [-0.25, -0.2) is 4.79 Å². The summed E-state index contributed by atoms with van der Waals surface area (Å²) in [7, 11) is 0. The first kappa shape index (κ1) is 98.7. The van der Waals surface area contributed by atoms with Gasteiger partial charge in [-0.2, -0.15) is 0 Å². The number of carbonyl (C=O) groups is 19. The van der Waals surface area contributed by atoms with Crippen molar-refractivity contribution < 1.29 is 117 Å². The Morgan fingerprint density at radius 3 is 0.862 bits per heavy atom. The molecular formula is C65H114N20O24. The average molecular weight is 1560 g/mol. The molecule has 0 saturated heterocycles. The zero-order valence-corrected chi connectivity index (χ0v) is 62.0. The first-order valence-corrected chi connectivity index (χ1v) is 35.7. The Labute approximate surface area is 628 Å². The predicted octanol–water partition coefficient (Wildman–Crippen LogP) is -9.35. The highest BCUT2D eigenvalue weighted by Gasteiger charge is 2.40. The van der Waals surface area contributed by atoms with Gasteiger partial charge < -0.3 is 135 Å². The average Bonchev–Trinajstić information content (AvgIpc) is 0.850. The number of carbonyl (C=O) groups excluding carboxylic acids is 15. The molecule has 44 nitrogen and oxygen atoms in total. The molecule has 0 aliphatic rings. The van der Waals surface area contributed by atoms with Gasteiger partial charge in [-0.05, 0) is 128 Å². The van der Waals surface area contributed by atoms with E-state index in [0.717, 1.165) is 6.92 Å². The van der Waals surface area contributed by atoms with Crippen molar-refractivity contribution in [2.24, 2.45) is 57.7 Å². The van der Waals surface area contributed by atoms with Gasteiger partial charge in [0.1, 0.15) is 66.5 Å². The number of nitrogens with one attached hydrogen (secondary N) is 12. The Hall–Kier alpha value is -10.3. The number of hydrogen-bond donors (Lipinski definition) is 25. The number of aliphatic carboxylic acids is 4. The molecular weight excluding hydrogens is 1440 g/mol. The fourth-order valence-electron chi connectivity index (χ4n) is 10.4. The molecule has 15 atom stereocenters. The Balaban J connectivity index is 7.19. The number of carboxylic acids is 4. The van der Waals surface area contributed by atoms with Gasteiger partial charge in [0.15, 0.2) is 6.04 Å². The van der Waals surface area contributed by atoms with Crippen LogP contribution in [0, 0.1) is 11.8 Å². The summed E-state index contributed by atoms with van der Waals surface area (Å²) in [5, 5.41) is 76.0. The summed E-state index contributed by atoms with van der Waals surface area (Å²) in [6.45, 7) is 7.58. The second kappa shape index (κ2) is 52.7. The van der Waals surface area contributed by atoms with Gasteiger partial charge in [0.2, 0.25) is 88.6 Å². The van der Waals surface area contributed by atoms with E-state index in [1.165, 1.54) is 27.7 Å². The summed E-state index contributed by atoms with van der Waals surface area (Å²) < 4.78 is 0. The van der Waals surface area contributed by atoms with Gasteiger partial charge in [0, 0.05) is 12.8 Å². The molecule has 0 unspecified atom stereocenters. The lowest BCUT2D eigenvalue weighted by Crippen LogP contribution is -2.62. The lowest BCUT2D eigenvalue weighted by Gasteiger charge is -2.29. The van der Waals surface area contributed by atoms with Crippen molar-refractivity contribution in [3.63, 3.8) is 0 Å². The molecule has 0 rings (SSSR count). The predicted molar refractivity (Wildman–Crippen MR) is 384 cm³/mol. The van der Waals surface area contributed by atoms with Gasteiger partial charge in [-0.15, -0.1) is 0 Å². The Morgan fingerprint density at radius 1 is 0.303 bits per heavy atom. The largest absolute Gasteiger partial charge is 0.481 e. The molecule has 0 spiro atoms. The summed E-state index contributed by atoms with van der Waals surface area (Å²) in [4.78, 5) is 253. The highest BCUT2D eigenvalue weighted by atomic mass is 16.4. The number of primary amides is 3. The van der Waals surface area contributed by atoms with Crippen LogP contribution in [0.5, 0.6) is 0 Å². The van der Waals surface area contributed by atoms with Crippen molar-refractivity contribution in [2.75, 3.05) is 26.2 Å². The number of hydrogen-bond acceptors (Lipinski definition) is 25. The van der Waals surface area contributed by atoms with Crippen LogP contribution in [0.25, 0.3) is 0 Å². The number of rotatable bonds is 59. The van der Waals surface area contributed by atoms with Crippen molar-refractivity contribution in [1.82, 2.24) is 63.8 Å². The van der Waals surface area contributed by atoms with Crippen LogP contribution in [-0.2, 0) is 91.1 Å².